The number of methoxy groups -OCH3 is 1. The fraction of sp³-hybridized carbons (Fsp3) is 0.533. The van der Waals surface area contributed by atoms with E-state index in [9.17, 15) is 9.90 Å². The van der Waals surface area contributed by atoms with E-state index in [0.717, 1.165) is 32.1 Å². The molecule has 0 radical (unpaired) electrons. The molecule has 1 saturated carbocycles. The van der Waals surface area contributed by atoms with Crippen molar-refractivity contribution >= 4 is 21.8 Å². The van der Waals surface area contributed by atoms with Crippen LogP contribution in [0.1, 0.15) is 42.5 Å². The van der Waals surface area contributed by atoms with Gasteiger partial charge in [-0.1, -0.05) is 19.3 Å². The molecule has 2 N–H and O–H groups in total. The topological polar surface area (TPSA) is 58.6 Å². The first kappa shape index (κ1) is 15.3. The van der Waals surface area contributed by atoms with Gasteiger partial charge in [0, 0.05) is 11.0 Å². The standard InChI is InChI=1S/C15H20BrNO3/c1-20-11-5-6-13(16)12(9-11)14(18)17-10-15(19)7-3-2-4-8-15/h5-6,9,19H,2-4,7-8,10H2,1H3,(H,17,18). The number of carbonyl (C=O) groups excluding carboxylic acids is 1. The summed E-state index contributed by atoms with van der Waals surface area (Å²) >= 11 is 3.36. The van der Waals surface area contributed by atoms with Crippen LogP contribution in [0.3, 0.4) is 0 Å². The predicted octanol–water partition coefficient (Wildman–Crippen LogP) is 2.88. The number of rotatable bonds is 4. The molecule has 5 heteroatoms. The highest BCUT2D eigenvalue weighted by molar-refractivity contribution is 9.10. The molecule has 1 fully saturated rings. The summed E-state index contributed by atoms with van der Waals surface area (Å²) in [4.78, 5) is 12.2. The first-order valence-electron chi connectivity index (χ1n) is 6.88. The van der Waals surface area contributed by atoms with Crippen molar-refractivity contribution in [1.29, 1.82) is 0 Å². The Morgan fingerprint density at radius 3 is 2.75 bits per heavy atom. The normalized spacial score (nSPS) is 17.6. The van der Waals surface area contributed by atoms with Gasteiger partial charge >= 0.3 is 0 Å². The molecule has 1 aliphatic rings. The van der Waals surface area contributed by atoms with E-state index in [1.807, 2.05) is 0 Å². The Labute approximate surface area is 127 Å². The van der Waals surface area contributed by atoms with Gasteiger partial charge in [0.15, 0.2) is 0 Å². The van der Waals surface area contributed by atoms with Crippen molar-refractivity contribution in [3.8, 4) is 5.75 Å². The molecule has 0 atom stereocenters. The van der Waals surface area contributed by atoms with Crippen molar-refractivity contribution in [3.05, 3.63) is 28.2 Å². The highest BCUT2D eigenvalue weighted by atomic mass is 79.9. The molecule has 1 aliphatic carbocycles. The van der Waals surface area contributed by atoms with Gasteiger partial charge < -0.3 is 15.2 Å². The van der Waals surface area contributed by atoms with Gasteiger partial charge in [-0.15, -0.1) is 0 Å². The maximum Gasteiger partial charge on any atom is 0.252 e. The van der Waals surface area contributed by atoms with Crippen LogP contribution in [0.15, 0.2) is 22.7 Å². The van der Waals surface area contributed by atoms with Crippen LogP contribution in [0, 0.1) is 0 Å². The van der Waals surface area contributed by atoms with E-state index in [1.165, 1.54) is 0 Å². The van der Waals surface area contributed by atoms with Crippen LogP contribution in [0.5, 0.6) is 5.75 Å². The minimum atomic E-state index is -0.751. The smallest absolute Gasteiger partial charge is 0.252 e. The maximum atomic E-state index is 12.2. The number of halogens is 1. The SMILES string of the molecule is COc1ccc(Br)c(C(=O)NCC2(O)CCCCC2)c1. The van der Waals surface area contributed by atoms with Crippen molar-refractivity contribution in [1.82, 2.24) is 5.32 Å². The van der Waals surface area contributed by atoms with Crippen molar-refractivity contribution in [2.24, 2.45) is 0 Å². The molecule has 0 bridgehead atoms. The lowest BCUT2D eigenvalue weighted by Gasteiger charge is -2.32. The van der Waals surface area contributed by atoms with E-state index >= 15 is 0 Å². The Balaban J connectivity index is 2.01. The predicted molar refractivity (Wildman–Crippen MR) is 81.1 cm³/mol. The van der Waals surface area contributed by atoms with E-state index < -0.39 is 5.60 Å². The minimum absolute atomic E-state index is 0.199. The Kier molecular flexibility index (Phi) is 5.05. The summed E-state index contributed by atoms with van der Waals surface area (Å²) in [5.74, 6) is 0.435. The van der Waals surface area contributed by atoms with E-state index in [2.05, 4.69) is 21.2 Å². The second-order valence-electron chi connectivity index (χ2n) is 5.31. The molecule has 0 spiro atoms. The van der Waals surface area contributed by atoms with Crippen molar-refractivity contribution in [2.45, 2.75) is 37.7 Å². The molecule has 0 heterocycles. The molecule has 4 nitrogen and oxygen atoms in total. The Morgan fingerprint density at radius 2 is 2.10 bits per heavy atom. The van der Waals surface area contributed by atoms with E-state index in [0.29, 0.717) is 22.3 Å². The fourth-order valence-electron chi connectivity index (χ4n) is 2.53. The fourth-order valence-corrected chi connectivity index (χ4v) is 2.96. The summed E-state index contributed by atoms with van der Waals surface area (Å²) in [5, 5.41) is 13.2. The number of ether oxygens (including phenoxy) is 1. The van der Waals surface area contributed by atoms with Gasteiger partial charge in [-0.3, -0.25) is 4.79 Å². The number of nitrogens with one attached hydrogen (secondary N) is 1. The molecule has 0 aromatic heterocycles. The maximum absolute atomic E-state index is 12.2. The number of aliphatic hydroxyl groups is 1. The molecule has 2 rings (SSSR count). The average molecular weight is 342 g/mol. The van der Waals surface area contributed by atoms with Crippen LogP contribution in [0.2, 0.25) is 0 Å². The minimum Gasteiger partial charge on any atom is -0.497 e. The van der Waals surface area contributed by atoms with Crippen LogP contribution in [-0.2, 0) is 0 Å². The van der Waals surface area contributed by atoms with Crippen LogP contribution < -0.4 is 10.1 Å². The largest absolute Gasteiger partial charge is 0.497 e. The highest BCUT2D eigenvalue weighted by Gasteiger charge is 2.29. The summed E-state index contributed by atoms with van der Waals surface area (Å²) in [7, 11) is 1.57. The number of benzene rings is 1. The molecule has 0 saturated heterocycles. The number of hydrogen-bond acceptors (Lipinski definition) is 3. The van der Waals surface area contributed by atoms with Crippen LogP contribution in [0.4, 0.5) is 0 Å². The van der Waals surface area contributed by atoms with Crippen LogP contribution in [0.25, 0.3) is 0 Å². The van der Waals surface area contributed by atoms with Gasteiger partial charge in [-0.25, -0.2) is 0 Å². The molecule has 1 aromatic carbocycles. The molecule has 20 heavy (non-hydrogen) atoms. The number of carbonyl (C=O) groups is 1. The summed E-state index contributed by atoms with van der Waals surface area (Å²) in [5.41, 5.74) is -0.233. The third-order valence-corrected chi connectivity index (χ3v) is 4.47. The van der Waals surface area contributed by atoms with Crippen molar-refractivity contribution < 1.29 is 14.6 Å². The summed E-state index contributed by atoms with van der Waals surface area (Å²) < 4.78 is 5.84. The van der Waals surface area contributed by atoms with E-state index in [-0.39, 0.29) is 5.91 Å². The molecular weight excluding hydrogens is 322 g/mol. The number of hydrogen-bond donors (Lipinski definition) is 2. The molecule has 110 valence electrons. The lowest BCUT2D eigenvalue weighted by Crippen LogP contribution is -2.44. The molecule has 0 aliphatic heterocycles. The van der Waals surface area contributed by atoms with Crippen molar-refractivity contribution in [3.63, 3.8) is 0 Å². The zero-order valence-corrected chi connectivity index (χ0v) is 13.2. The van der Waals surface area contributed by atoms with E-state index in [1.54, 1.807) is 25.3 Å². The van der Waals surface area contributed by atoms with Crippen LogP contribution in [-0.4, -0.2) is 30.3 Å². The van der Waals surface area contributed by atoms with Crippen LogP contribution >= 0.6 is 15.9 Å². The third kappa shape index (κ3) is 3.73. The van der Waals surface area contributed by atoms with E-state index in [4.69, 9.17) is 4.74 Å². The average Bonchev–Trinajstić information content (AvgIpc) is 2.46. The number of amides is 1. The Morgan fingerprint density at radius 1 is 1.40 bits per heavy atom. The summed E-state index contributed by atoms with van der Waals surface area (Å²) in [6.45, 7) is 0.301. The molecule has 0 unspecified atom stereocenters. The first-order chi connectivity index (χ1) is 9.54. The van der Waals surface area contributed by atoms with Gasteiger partial charge in [0.1, 0.15) is 5.75 Å². The summed E-state index contributed by atoms with van der Waals surface area (Å²) in [6.07, 6.45) is 4.72. The van der Waals surface area contributed by atoms with Gasteiger partial charge in [-0.2, -0.15) is 0 Å². The third-order valence-electron chi connectivity index (χ3n) is 3.78. The second kappa shape index (κ2) is 6.59. The lowest BCUT2D eigenvalue weighted by atomic mass is 9.85. The molecular formula is C15H20BrNO3. The lowest BCUT2D eigenvalue weighted by molar-refractivity contribution is 0.00525. The zero-order valence-electron chi connectivity index (χ0n) is 11.6. The second-order valence-corrected chi connectivity index (χ2v) is 6.17. The molecule has 1 aromatic rings. The van der Waals surface area contributed by atoms with Gasteiger partial charge in [0.2, 0.25) is 0 Å². The molecule has 1 amide bonds. The monoisotopic (exact) mass is 341 g/mol. The summed E-state index contributed by atoms with van der Waals surface area (Å²) in [6, 6.07) is 5.25. The van der Waals surface area contributed by atoms with Gasteiger partial charge in [0.05, 0.1) is 18.3 Å². The van der Waals surface area contributed by atoms with Gasteiger partial charge in [-0.05, 0) is 47.0 Å². The highest BCUT2D eigenvalue weighted by Crippen LogP contribution is 2.28. The van der Waals surface area contributed by atoms with Crippen molar-refractivity contribution in [2.75, 3.05) is 13.7 Å². The Bertz CT molecular complexity index is 484. The first-order valence-corrected chi connectivity index (χ1v) is 7.67. The Hall–Kier alpha value is -1.07. The van der Waals surface area contributed by atoms with Gasteiger partial charge in [0.25, 0.3) is 5.91 Å². The zero-order chi connectivity index (χ0) is 14.6. The quantitative estimate of drug-likeness (QED) is 0.885.